The van der Waals surface area contributed by atoms with Gasteiger partial charge in [0, 0.05) is 18.5 Å². The zero-order valence-electron chi connectivity index (χ0n) is 11.2. The molecule has 0 aromatic heterocycles. The predicted octanol–water partition coefficient (Wildman–Crippen LogP) is 1.30. The highest BCUT2D eigenvalue weighted by atomic mass is 19.1. The number of carbonyl (C=O) groups is 1. The second kappa shape index (κ2) is 5.50. The van der Waals surface area contributed by atoms with E-state index in [1.165, 1.54) is 12.1 Å². The van der Waals surface area contributed by atoms with E-state index in [0.29, 0.717) is 6.54 Å². The van der Waals surface area contributed by atoms with Crippen molar-refractivity contribution in [3.05, 3.63) is 35.6 Å². The molecular weight excluding hydrogens is 259 g/mol. The summed E-state index contributed by atoms with van der Waals surface area (Å²) in [7, 11) is 0. The van der Waals surface area contributed by atoms with Gasteiger partial charge in [-0.15, -0.1) is 0 Å². The molecule has 2 aliphatic rings. The average Bonchev–Trinajstić information content (AvgIpc) is 3.03. The van der Waals surface area contributed by atoms with Gasteiger partial charge < -0.3 is 15.8 Å². The number of nitrogens with two attached hydrogens (primary N) is 1. The Morgan fingerprint density at radius 2 is 2.30 bits per heavy atom. The van der Waals surface area contributed by atoms with Crippen molar-refractivity contribution in [2.45, 2.75) is 43.4 Å². The second-order valence-corrected chi connectivity index (χ2v) is 5.57. The van der Waals surface area contributed by atoms with Crippen LogP contribution in [0.25, 0.3) is 0 Å². The summed E-state index contributed by atoms with van der Waals surface area (Å²) < 4.78 is 18.7. The van der Waals surface area contributed by atoms with E-state index in [9.17, 15) is 9.18 Å². The van der Waals surface area contributed by atoms with Crippen molar-refractivity contribution in [1.29, 1.82) is 0 Å². The first kappa shape index (κ1) is 13.5. The van der Waals surface area contributed by atoms with Crippen molar-refractivity contribution >= 4 is 5.91 Å². The normalized spacial score (nSPS) is 32.1. The summed E-state index contributed by atoms with van der Waals surface area (Å²) in [6.45, 7) is 0.457. The van der Waals surface area contributed by atoms with Crippen molar-refractivity contribution in [3.8, 4) is 0 Å². The highest BCUT2D eigenvalue weighted by Gasteiger charge is 2.41. The molecule has 5 heteroatoms. The van der Waals surface area contributed by atoms with Crippen LogP contribution >= 0.6 is 0 Å². The van der Waals surface area contributed by atoms with Gasteiger partial charge in [-0.1, -0.05) is 12.1 Å². The molecule has 0 bridgehead atoms. The van der Waals surface area contributed by atoms with Gasteiger partial charge in [0.1, 0.15) is 11.9 Å². The largest absolute Gasteiger partial charge is 0.364 e. The molecule has 4 nitrogen and oxygen atoms in total. The third kappa shape index (κ3) is 2.83. The molecule has 0 spiro atoms. The molecule has 3 rings (SSSR count). The standard InChI is InChI=1S/C15H19FN2O2/c16-10-3-1-2-9(6-10)12-7-13(12)18-15(19)14-5-4-11(8-17)20-14/h1-3,6,11-14H,4-5,7-8,17H2,(H,18,19)/t11-,12?,13?,14+/m1/s1. The van der Waals surface area contributed by atoms with Gasteiger partial charge in [-0.3, -0.25) is 4.79 Å². The van der Waals surface area contributed by atoms with Crippen LogP contribution in [-0.4, -0.2) is 30.7 Å². The summed E-state index contributed by atoms with van der Waals surface area (Å²) in [5.74, 6) is -0.0735. The fourth-order valence-corrected chi connectivity index (χ4v) is 2.81. The van der Waals surface area contributed by atoms with E-state index in [0.717, 1.165) is 24.8 Å². The predicted molar refractivity (Wildman–Crippen MR) is 72.6 cm³/mol. The van der Waals surface area contributed by atoms with Crippen molar-refractivity contribution in [2.75, 3.05) is 6.54 Å². The Morgan fingerprint density at radius 1 is 1.45 bits per heavy atom. The van der Waals surface area contributed by atoms with E-state index in [1.54, 1.807) is 6.07 Å². The van der Waals surface area contributed by atoms with Crippen molar-refractivity contribution in [1.82, 2.24) is 5.32 Å². The van der Waals surface area contributed by atoms with E-state index in [2.05, 4.69) is 5.32 Å². The molecule has 108 valence electrons. The van der Waals surface area contributed by atoms with Crippen LogP contribution in [0.15, 0.2) is 24.3 Å². The molecule has 1 saturated carbocycles. The summed E-state index contributed by atoms with van der Waals surface area (Å²) in [6.07, 6.45) is 2.06. The molecule has 1 amide bonds. The lowest BCUT2D eigenvalue weighted by Gasteiger charge is -2.12. The summed E-state index contributed by atoms with van der Waals surface area (Å²) >= 11 is 0. The lowest BCUT2D eigenvalue weighted by atomic mass is 10.1. The number of carbonyl (C=O) groups excluding carboxylic acids is 1. The molecule has 1 aliphatic carbocycles. The highest BCUT2D eigenvalue weighted by Crippen LogP contribution is 2.41. The van der Waals surface area contributed by atoms with E-state index >= 15 is 0 Å². The quantitative estimate of drug-likeness (QED) is 0.872. The molecule has 2 unspecified atom stereocenters. The molecule has 1 aromatic rings. The Hall–Kier alpha value is -1.46. The Labute approximate surface area is 117 Å². The molecule has 0 radical (unpaired) electrons. The van der Waals surface area contributed by atoms with Gasteiger partial charge in [-0.25, -0.2) is 4.39 Å². The molecule has 1 aromatic carbocycles. The summed E-state index contributed by atoms with van der Waals surface area (Å²) in [5.41, 5.74) is 6.48. The second-order valence-electron chi connectivity index (χ2n) is 5.57. The Kier molecular flexibility index (Phi) is 3.72. The zero-order chi connectivity index (χ0) is 14.1. The smallest absolute Gasteiger partial charge is 0.249 e. The number of benzene rings is 1. The molecule has 2 fully saturated rings. The monoisotopic (exact) mass is 278 g/mol. The first-order valence-corrected chi connectivity index (χ1v) is 7.08. The minimum atomic E-state index is -0.377. The fraction of sp³-hybridized carbons (Fsp3) is 0.533. The first-order valence-electron chi connectivity index (χ1n) is 7.08. The molecular formula is C15H19FN2O2. The van der Waals surface area contributed by atoms with Crippen LogP contribution in [0.5, 0.6) is 0 Å². The minimum Gasteiger partial charge on any atom is -0.364 e. The van der Waals surface area contributed by atoms with Gasteiger partial charge in [0.2, 0.25) is 5.91 Å². The summed E-state index contributed by atoms with van der Waals surface area (Å²) in [6, 6.07) is 6.67. The number of hydrogen-bond acceptors (Lipinski definition) is 3. The van der Waals surface area contributed by atoms with Crippen molar-refractivity contribution in [2.24, 2.45) is 5.73 Å². The third-order valence-electron chi connectivity index (χ3n) is 4.06. The first-order chi connectivity index (χ1) is 9.67. The number of rotatable bonds is 4. The topological polar surface area (TPSA) is 64.4 Å². The van der Waals surface area contributed by atoms with Crippen molar-refractivity contribution < 1.29 is 13.9 Å². The Morgan fingerprint density at radius 3 is 3.00 bits per heavy atom. The number of nitrogens with one attached hydrogen (secondary N) is 1. The van der Waals surface area contributed by atoms with Gasteiger partial charge in [0.25, 0.3) is 0 Å². The summed E-state index contributed by atoms with van der Waals surface area (Å²) in [5, 5.41) is 2.98. The number of hydrogen-bond donors (Lipinski definition) is 2. The van der Waals surface area contributed by atoms with Gasteiger partial charge in [-0.2, -0.15) is 0 Å². The molecule has 3 N–H and O–H groups in total. The lowest BCUT2D eigenvalue weighted by Crippen LogP contribution is -2.37. The molecule has 1 saturated heterocycles. The fourth-order valence-electron chi connectivity index (χ4n) is 2.81. The molecule has 1 aliphatic heterocycles. The van der Waals surface area contributed by atoms with Crippen LogP contribution < -0.4 is 11.1 Å². The van der Waals surface area contributed by atoms with Gasteiger partial charge in [0.15, 0.2) is 0 Å². The number of amides is 1. The van der Waals surface area contributed by atoms with Crippen LogP contribution in [0, 0.1) is 5.82 Å². The number of halogens is 1. The SMILES string of the molecule is NC[C@H]1CC[C@@H](C(=O)NC2CC2c2cccc(F)c2)O1. The van der Waals surface area contributed by atoms with Gasteiger partial charge >= 0.3 is 0 Å². The van der Waals surface area contributed by atoms with Gasteiger partial charge in [-0.05, 0) is 37.0 Å². The highest BCUT2D eigenvalue weighted by molar-refractivity contribution is 5.81. The van der Waals surface area contributed by atoms with Crippen LogP contribution in [-0.2, 0) is 9.53 Å². The number of ether oxygens (including phenoxy) is 1. The van der Waals surface area contributed by atoms with Crippen molar-refractivity contribution in [3.63, 3.8) is 0 Å². The van der Waals surface area contributed by atoms with Gasteiger partial charge in [0.05, 0.1) is 6.10 Å². The summed E-state index contributed by atoms with van der Waals surface area (Å²) in [4.78, 5) is 12.1. The Bertz CT molecular complexity index is 508. The minimum absolute atomic E-state index is 0.00368. The third-order valence-corrected chi connectivity index (χ3v) is 4.06. The molecule has 20 heavy (non-hydrogen) atoms. The maximum absolute atomic E-state index is 13.2. The molecule has 1 heterocycles. The van der Waals surface area contributed by atoms with E-state index in [-0.39, 0.29) is 35.9 Å². The zero-order valence-corrected chi connectivity index (χ0v) is 11.2. The van der Waals surface area contributed by atoms with Crippen LogP contribution in [0.4, 0.5) is 4.39 Å². The lowest BCUT2D eigenvalue weighted by molar-refractivity contribution is -0.132. The van der Waals surface area contributed by atoms with Crippen LogP contribution in [0.1, 0.15) is 30.7 Å². The van der Waals surface area contributed by atoms with E-state index in [1.807, 2.05) is 6.07 Å². The van der Waals surface area contributed by atoms with Crippen LogP contribution in [0.3, 0.4) is 0 Å². The molecule has 4 atom stereocenters. The van der Waals surface area contributed by atoms with Crippen LogP contribution in [0.2, 0.25) is 0 Å². The average molecular weight is 278 g/mol. The maximum Gasteiger partial charge on any atom is 0.249 e. The van der Waals surface area contributed by atoms with E-state index in [4.69, 9.17) is 10.5 Å². The van der Waals surface area contributed by atoms with E-state index < -0.39 is 0 Å². The maximum atomic E-state index is 13.2. The Balaban J connectivity index is 1.52.